The molecule has 2 aromatic heterocycles. The number of nitriles is 1. The van der Waals surface area contributed by atoms with Crippen LogP contribution in [-0.4, -0.2) is 33.9 Å². The average molecular weight is 319 g/mol. The molecule has 1 aliphatic rings. The highest BCUT2D eigenvalue weighted by molar-refractivity contribution is 5.65. The van der Waals surface area contributed by atoms with E-state index in [9.17, 15) is 0 Å². The Morgan fingerprint density at radius 2 is 2.17 bits per heavy atom. The zero-order valence-electron chi connectivity index (χ0n) is 13.1. The summed E-state index contributed by atoms with van der Waals surface area (Å²) < 4.78 is 7.23. The predicted molar refractivity (Wildman–Crippen MR) is 89.2 cm³/mol. The van der Waals surface area contributed by atoms with Crippen LogP contribution in [0.4, 0.5) is 0 Å². The quantitative estimate of drug-likeness (QED) is 0.797. The molecule has 0 saturated carbocycles. The van der Waals surface area contributed by atoms with Crippen molar-refractivity contribution in [1.82, 2.24) is 19.9 Å². The summed E-state index contributed by atoms with van der Waals surface area (Å²) in [6.45, 7) is 2.37. The summed E-state index contributed by atoms with van der Waals surface area (Å²) in [5.41, 5.74) is 4.59. The van der Waals surface area contributed by atoms with Crippen molar-refractivity contribution in [2.24, 2.45) is 0 Å². The monoisotopic (exact) mass is 319 g/mol. The van der Waals surface area contributed by atoms with Gasteiger partial charge in [0.25, 0.3) is 0 Å². The van der Waals surface area contributed by atoms with E-state index in [4.69, 9.17) is 10.00 Å². The highest BCUT2D eigenvalue weighted by Crippen LogP contribution is 2.22. The summed E-state index contributed by atoms with van der Waals surface area (Å²) in [4.78, 5) is 4.33. The van der Waals surface area contributed by atoms with Crippen LogP contribution in [0.3, 0.4) is 0 Å². The normalized spacial score (nSPS) is 17.2. The van der Waals surface area contributed by atoms with Crippen LogP contribution in [0.5, 0.6) is 0 Å². The number of ether oxygens (including phenoxy) is 1. The Bertz CT molecular complexity index is 888. The Morgan fingerprint density at radius 3 is 2.92 bits per heavy atom. The fourth-order valence-electron chi connectivity index (χ4n) is 2.96. The molecule has 1 N–H and O–H groups in total. The van der Waals surface area contributed by atoms with Gasteiger partial charge < -0.3 is 10.1 Å². The van der Waals surface area contributed by atoms with E-state index >= 15 is 0 Å². The number of nitrogens with zero attached hydrogens (tertiary/aromatic N) is 4. The summed E-state index contributed by atoms with van der Waals surface area (Å²) >= 11 is 0. The first kappa shape index (κ1) is 14.8. The van der Waals surface area contributed by atoms with Crippen molar-refractivity contribution in [2.45, 2.75) is 19.0 Å². The Balaban J connectivity index is 1.67. The van der Waals surface area contributed by atoms with Gasteiger partial charge in [0.05, 0.1) is 23.9 Å². The van der Waals surface area contributed by atoms with Crippen LogP contribution in [0, 0.1) is 11.3 Å². The molecule has 1 atom stereocenters. The number of pyridine rings is 1. The van der Waals surface area contributed by atoms with Crippen LogP contribution in [0.15, 0.2) is 42.7 Å². The summed E-state index contributed by atoms with van der Waals surface area (Å²) in [6, 6.07) is 14.2. The van der Waals surface area contributed by atoms with Gasteiger partial charge in [-0.25, -0.2) is 9.50 Å². The minimum atomic E-state index is 0.414. The third-order valence-corrected chi connectivity index (χ3v) is 4.27. The van der Waals surface area contributed by atoms with Crippen LogP contribution in [0.1, 0.15) is 17.5 Å². The Hall–Kier alpha value is -2.75. The lowest BCUT2D eigenvalue weighted by Gasteiger charge is -2.12. The smallest absolute Gasteiger partial charge is 0.156 e. The third kappa shape index (κ3) is 2.87. The molecular weight excluding hydrogens is 302 g/mol. The van der Waals surface area contributed by atoms with Gasteiger partial charge in [0.1, 0.15) is 6.33 Å². The molecule has 6 heteroatoms. The molecule has 0 aliphatic carbocycles. The molecule has 1 aromatic carbocycles. The Labute approximate surface area is 139 Å². The molecule has 120 valence electrons. The molecule has 3 heterocycles. The van der Waals surface area contributed by atoms with E-state index in [2.05, 4.69) is 27.5 Å². The van der Waals surface area contributed by atoms with E-state index in [0.717, 1.165) is 48.6 Å². The van der Waals surface area contributed by atoms with E-state index in [1.54, 1.807) is 6.33 Å². The maximum Gasteiger partial charge on any atom is 0.156 e. The first-order valence-corrected chi connectivity index (χ1v) is 7.98. The number of rotatable bonds is 4. The lowest BCUT2D eigenvalue weighted by Crippen LogP contribution is -2.28. The number of benzene rings is 1. The predicted octanol–water partition coefficient (Wildman–Crippen LogP) is 2.15. The molecule has 0 amide bonds. The summed E-state index contributed by atoms with van der Waals surface area (Å²) in [6.07, 6.45) is 2.61. The van der Waals surface area contributed by atoms with E-state index in [1.807, 2.05) is 34.8 Å². The van der Waals surface area contributed by atoms with Crippen LogP contribution in [0.25, 0.3) is 16.9 Å². The molecule has 1 unspecified atom stereocenters. The molecule has 3 aromatic rings. The van der Waals surface area contributed by atoms with Crippen LogP contribution < -0.4 is 5.32 Å². The van der Waals surface area contributed by atoms with Crippen molar-refractivity contribution >= 4 is 5.65 Å². The summed E-state index contributed by atoms with van der Waals surface area (Å²) in [5.74, 6) is 0. The fourth-order valence-corrected chi connectivity index (χ4v) is 2.96. The van der Waals surface area contributed by atoms with Gasteiger partial charge in [0.2, 0.25) is 0 Å². The number of nitrogens with one attached hydrogen (secondary N) is 1. The number of hydrogen-bond acceptors (Lipinski definition) is 5. The lowest BCUT2D eigenvalue weighted by atomic mass is 10.1. The van der Waals surface area contributed by atoms with Crippen molar-refractivity contribution < 1.29 is 4.74 Å². The zero-order chi connectivity index (χ0) is 16.4. The Morgan fingerprint density at radius 1 is 1.29 bits per heavy atom. The zero-order valence-corrected chi connectivity index (χ0v) is 13.1. The van der Waals surface area contributed by atoms with Crippen LogP contribution >= 0.6 is 0 Å². The van der Waals surface area contributed by atoms with Crippen molar-refractivity contribution in [3.8, 4) is 17.3 Å². The number of fused-ring (bicyclic) bond motifs is 1. The van der Waals surface area contributed by atoms with Gasteiger partial charge in [-0.3, -0.25) is 0 Å². The minimum Gasteiger partial charge on any atom is -0.380 e. The second-order valence-electron chi connectivity index (χ2n) is 5.91. The van der Waals surface area contributed by atoms with Gasteiger partial charge >= 0.3 is 0 Å². The molecule has 4 rings (SSSR count). The maximum absolute atomic E-state index is 8.96. The second kappa shape index (κ2) is 6.40. The van der Waals surface area contributed by atoms with E-state index < -0.39 is 0 Å². The molecular formula is C18H17N5O. The van der Waals surface area contributed by atoms with Gasteiger partial charge in [0.15, 0.2) is 5.65 Å². The van der Waals surface area contributed by atoms with Gasteiger partial charge in [-0.2, -0.15) is 10.4 Å². The second-order valence-corrected chi connectivity index (χ2v) is 5.91. The van der Waals surface area contributed by atoms with E-state index in [0.29, 0.717) is 11.6 Å². The third-order valence-electron chi connectivity index (χ3n) is 4.27. The molecule has 1 aliphatic heterocycles. The Kier molecular flexibility index (Phi) is 3.95. The molecule has 0 radical (unpaired) electrons. The largest absolute Gasteiger partial charge is 0.380 e. The van der Waals surface area contributed by atoms with E-state index in [-0.39, 0.29) is 0 Å². The summed E-state index contributed by atoms with van der Waals surface area (Å²) in [7, 11) is 0. The first-order valence-electron chi connectivity index (χ1n) is 7.98. The number of hydrogen-bond donors (Lipinski definition) is 1. The summed E-state index contributed by atoms with van der Waals surface area (Å²) in [5, 5.41) is 16.8. The van der Waals surface area contributed by atoms with Crippen molar-refractivity contribution in [2.75, 3.05) is 13.2 Å². The van der Waals surface area contributed by atoms with Crippen molar-refractivity contribution in [1.29, 1.82) is 5.26 Å². The highest BCUT2D eigenvalue weighted by Gasteiger charge is 2.15. The molecule has 24 heavy (non-hydrogen) atoms. The molecule has 1 saturated heterocycles. The lowest BCUT2D eigenvalue weighted by molar-refractivity contribution is 0.190. The van der Waals surface area contributed by atoms with Gasteiger partial charge in [-0.1, -0.05) is 12.1 Å². The van der Waals surface area contributed by atoms with Crippen molar-refractivity contribution in [3.05, 3.63) is 53.9 Å². The number of aromatic nitrogens is 3. The van der Waals surface area contributed by atoms with Gasteiger partial charge in [-0.05, 0) is 36.2 Å². The molecule has 0 spiro atoms. The minimum absolute atomic E-state index is 0.414. The SMILES string of the molecule is N#Cc1ccc(-c2cc(CNC3CCOC3)cc3ncnn23)cc1. The van der Waals surface area contributed by atoms with Crippen LogP contribution in [0.2, 0.25) is 0 Å². The topological polar surface area (TPSA) is 75.2 Å². The molecule has 6 nitrogen and oxygen atoms in total. The van der Waals surface area contributed by atoms with Gasteiger partial charge in [0, 0.05) is 24.8 Å². The average Bonchev–Trinajstić information content (AvgIpc) is 3.30. The van der Waals surface area contributed by atoms with Crippen LogP contribution in [-0.2, 0) is 11.3 Å². The maximum atomic E-state index is 8.96. The van der Waals surface area contributed by atoms with Gasteiger partial charge in [-0.15, -0.1) is 0 Å². The fraction of sp³-hybridized carbons (Fsp3) is 0.278. The highest BCUT2D eigenvalue weighted by atomic mass is 16.5. The van der Waals surface area contributed by atoms with Crippen molar-refractivity contribution in [3.63, 3.8) is 0 Å². The van der Waals surface area contributed by atoms with E-state index in [1.165, 1.54) is 0 Å². The molecule has 1 fully saturated rings. The first-order chi connectivity index (χ1) is 11.8. The standard InChI is InChI=1S/C18H17N5O/c19-9-13-1-3-15(4-2-13)17-7-14(8-18-21-12-22-23(17)18)10-20-16-5-6-24-11-16/h1-4,7-8,12,16,20H,5-6,10-11H2. The molecule has 0 bridgehead atoms.